The minimum atomic E-state index is -0.600. The van der Waals surface area contributed by atoms with Crippen molar-refractivity contribution in [1.82, 2.24) is 21.3 Å². The van der Waals surface area contributed by atoms with Crippen LogP contribution >= 0.6 is 23.4 Å². The Kier molecular flexibility index (Phi) is 15.7. The minimum absolute atomic E-state index is 0.0122. The van der Waals surface area contributed by atoms with E-state index in [1.165, 1.54) is 0 Å². The number of nitrogens with one attached hydrogen (secondary N) is 5. The number of unbranched alkanes of at least 4 members (excludes halogenated alkanes) is 5. The molecule has 2 aromatic carbocycles. The van der Waals surface area contributed by atoms with Crippen LogP contribution in [0, 0.1) is 0 Å². The normalized spacial score (nSPS) is 17.5. The highest BCUT2D eigenvalue weighted by molar-refractivity contribution is 8.00. The summed E-state index contributed by atoms with van der Waals surface area (Å²) in [4.78, 5) is 61.1. The smallest absolute Gasteiger partial charge is 0.346 e. The Morgan fingerprint density at radius 2 is 1.49 bits per heavy atom. The van der Waals surface area contributed by atoms with Crippen molar-refractivity contribution >= 4 is 63.6 Å². The first-order valence-corrected chi connectivity index (χ1v) is 20.1. The van der Waals surface area contributed by atoms with Crippen molar-refractivity contribution in [3.05, 3.63) is 69.5 Å². The van der Waals surface area contributed by atoms with Crippen LogP contribution in [0.15, 0.2) is 57.7 Å². The third-order valence-electron chi connectivity index (χ3n) is 9.48. The molecule has 2 fully saturated rings. The Morgan fingerprint density at radius 3 is 2.21 bits per heavy atom. The summed E-state index contributed by atoms with van der Waals surface area (Å²) in [6.07, 6.45) is 9.40. The van der Waals surface area contributed by atoms with E-state index in [4.69, 9.17) is 20.8 Å². The van der Waals surface area contributed by atoms with Crippen LogP contribution in [0.3, 0.4) is 0 Å². The predicted molar refractivity (Wildman–Crippen MR) is 209 cm³/mol. The highest BCUT2D eigenvalue weighted by Gasteiger charge is 2.42. The van der Waals surface area contributed by atoms with Gasteiger partial charge in [-0.1, -0.05) is 67.3 Å². The van der Waals surface area contributed by atoms with Crippen molar-refractivity contribution in [3.8, 4) is 5.95 Å². The number of amides is 5. The number of ether oxygens (including phenoxy) is 1. The van der Waals surface area contributed by atoms with Crippen LogP contribution in [0.5, 0.6) is 5.95 Å². The summed E-state index contributed by atoms with van der Waals surface area (Å²) in [7, 11) is 0. The summed E-state index contributed by atoms with van der Waals surface area (Å²) < 4.78 is 11.0. The summed E-state index contributed by atoms with van der Waals surface area (Å²) in [5.74, 6) is 0.832. The Hall–Kier alpha value is -4.23. The van der Waals surface area contributed by atoms with Crippen LogP contribution in [0.1, 0.15) is 82.6 Å². The highest BCUT2D eigenvalue weighted by Crippen LogP contribution is 2.34. The molecule has 53 heavy (non-hydrogen) atoms. The molecule has 0 spiro atoms. The van der Waals surface area contributed by atoms with Gasteiger partial charge in [0.05, 0.1) is 24.1 Å². The van der Waals surface area contributed by atoms with E-state index in [9.17, 15) is 24.0 Å². The van der Waals surface area contributed by atoms with Gasteiger partial charge in [0.2, 0.25) is 17.7 Å². The summed E-state index contributed by atoms with van der Waals surface area (Å²) in [5, 5.41) is 16.1. The van der Waals surface area contributed by atoms with E-state index in [0.29, 0.717) is 68.1 Å². The second-order valence-electron chi connectivity index (χ2n) is 13.6. The summed E-state index contributed by atoms with van der Waals surface area (Å²) >= 11 is 8.38. The molecule has 3 aromatic rings. The number of benzene rings is 2. The molecule has 2 aliphatic heterocycles. The molecule has 3 heterocycles. The SMILES string of the molecule is O=C(CCCCCNC(=O)CCCC[C@H]1SC[C@H]2NC(=O)N[C@H]21)NCCCCCC(=O)Nc1ccc2c(Cl)c(OCCc3ccccc3)oc(=O)c2c1. The number of hydrogen-bond acceptors (Lipinski definition) is 8. The van der Waals surface area contributed by atoms with Crippen LogP contribution in [0.4, 0.5) is 10.5 Å². The van der Waals surface area contributed by atoms with Crippen molar-refractivity contribution in [2.24, 2.45) is 0 Å². The van der Waals surface area contributed by atoms with Crippen molar-refractivity contribution in [3.63, 3.8) is 0 Å². The standard InChI is InChI=1S/C39H50ClN5O7S/c40-35-28-19-18-27(24-29(28)37(49)52-38(35)51-23-20-26-12-4-1-5-13-26)43-34(48)17-7-3-11-22-41-32(46)15-6-2-10-21-42-33(47)16-9-8-14-31-36-30(25-53-31)44-39(50)45-36/h1,4-5,12-13,18-19,24,30-31,36H,2-3,6-11,14-17,20-23,25H2,(H,41,46)(H,42,47)(H,43,48)(H2,44,45,50)/t30-,31-,36-/m1/s1. The number of hydrogen-bond donors (Lipinski definition) is 5. The van der Waals surface area contributed by atoms with Crippen LogP contribution in [-0.4, -0.2) is 66.5 Å². The lowest BCUT2D eigenvalue weighted by Gasteiger charge is -2.16. The van der Waals surface area contributed by atoms with E-state index < -0.39 is 5.63 Å². The molecule has 286 valence electrons. The van der Waals surface area contributed by atoms with Gasteiger partial charge in [-0.15, -0.1) is 0 Å². The molecule has 1 aromatic heterocycles. The van der Waals surface area contributed by atoms with Gasteiger partial charge in [0.1, 0.15) is 5.02 Å². The molecule has 3 atom stereocenters. The van der Waals surface area contributed by atoms with Gasteiger partial charge in [-0.05, 0) is 56.2 Å². The first-order valence-electron chi connectivity index (χ1n) is 18.7. The summed E-state index contributed by atoms with van der Waals surface area (Å²) in [6.45, 7) is 1.47. The van der Waals surface area contributed by atoms with Crippen molar-refractivity contribution < 1.29 is 28.3 Å². The first kappa shape index (κ1) is 40.0. The van der Waals surface area contributed by atoms with Crippen LogP contribution in [0.2, 0.25) is 5.02 Å². The zero-order valence-electron chi connectivity index (χ0n) is 30.0. The quantitative estimate of drug-likeness (QED) is 0.0606. The van der Waals surface area contributed by atoms with E-state index in [1.807, 2.05) is 42.1 Å². The van der Waals surface area contributed by atoms with Gasteiger partial charge in [-0.2, -0.15) is 11.8 Å². The number of thioether (sulfide) groups is 1. The van der Waals surface area contributed by atoms with E-state index >= 15 is 0 Å². The molecule has 0 bridgehead atoms. The Bertz CT molecular complexity index is 1760. The molecule has 12 nitrogen and oxygen atoms in total. The topological polar surface area (TPSA) is 168 Å². The maximum Gasteiger partial charge on any atom is 0.346 e. The van der Waals surface area contributed by atoms with Crippen LogP contribution < -0.4 is 36.9 Å². The van der Waals surface area contributed by atoms with E-state index in [-0.39, 0.29) is 52.2 Å². The fraction of sp³-hybridized carbons (Fsp3) is 0.513. The van der Waals surface area contributed by atoms with Gasteiger partial charge in [0, 0.05) is 60.8 Å². The fourth-order valence-corrected chi connectivity index (χ4v) is 8.38. The largest absolute Gasteiger partial charge is 0.464 e. The number of urea groups is 1. The molecule has 0 saturated carbocycles. The molecule has 5 amide bonds. The van der Waals surface area contributed by atoms with Crippen LogP contribution in [0.25, 0.3) is 10.8 Å². The van der Waals surface area contributed by atoms with Gasteiger partial charge >= 0.3 is 17.6 Å². The zero-order chi connectivity index (χ0) is 37.4. The Balaban J connectivity index is 0.852. The lowest BCUT2D eigenvalue weighted by atomic mass is 10.0. The van der Waals surface area contributed by atoms with E-state index in [0.717, 1.165) is 62.7 Å². The molecule has 2 saturated heterocycles. The van der Waals surface area contributed by atoms with Gasteiger partial charge in [-0.3, -0.25) is 14.4 Å². The molecule has 0 aliphatic carbocycles. The van der Waals surface area contributed by atoms with Gasteiger partial charge in [-0.25, -0.2) is 9.59 Å². The fourth-order valence-electron chi connectivity index (χ4n) is 6.58. The van der Waals surface area contributed by atoms with Gasteiger partial charge in [0.15, 0.2) is 0 Å². The lowest BCUT2D eigenvalue weighted by Crippen LogP contribution is -2.36. The molecular weight excluding hydrogens is 718 g/mol. The molecule has 0 unspecified atom stereocenters. The third kappa shape index (κ3) is 12.7. The van der Waals surface area contributed by atoms with Crippen LogP contribution in [-0.2, 0) is 20.8 Å². The zero-order valence-corrected chi connectivity index (χ0v) is 31.6. The Labute approximate surface area is 319 Å². The van der Waals surface area contributed by atoms with E-state index in [1.54, 1.807) is 18.2 Å². The van der Waals surface area contributed by atoms with Crippen molar-refractivity contribution in [2.75, 3.05) is 30.8 Å². The average molecular weight is 768 g/mol. The van der Waals surface area contributed by atoms with Crippen molar-refractivity contribution in [2.45, 2.75) is 101 Å². The summed E-state index contributed by atoms with van der Waals surface area (Å²) in [6, 6.07) is 15.1. The number of carbonyl (C=O) groups excluding carboxylic acids is 4. The maximum atomic E-state index is 12.7. The first-order chi connectivity index (χ1) is 25.8. The third-order valence-corrected chi connectivity index (χ3v) is 11.3. The monoisotopic (exact) mass is 767 g/mol. The van der Waals surface area contributed by atoms with Gasteiger partial charge < -0.3 is 35.7 Å². The minimum Gasteiger partial charge on any atom is -0.464 e. The lowest BCUT2D eigenvalue weighted by molar-refractivity contribution is -0.122. The second-order valence-corrected chi connectivity index (χ2v) is 15.2. The highest BCUT2D eigenvalue weighted by atomic mass is 35.5. The molecule has 5 rings (SSSR count). The second kappa shape index (κ2) is 20.9. The molecule has 0 radical (unpaired) electrons. The molecule has 5 N–H and O–H groups in total. The van der Waals surface area contributed by atoms with E-state index in [2.05, 4.69) is 26.6 Å². The molecular formula is C39H50ClN5O7S. The number of anilines is 1. The predicted octanol–water partition coefficient (Wildman–Crippen LogP) is 6.09. The molecule has 14 heteroatoms. The molecule has 2 aliphatic rings. The maximum absolute atomic E-state index is 12.7. The average Bonchev–Trinajstić information content (AvgIpc) is 3.71. The number of carbonyl (C=O) groups is 4. The van der Waals surface area contributed by atoms with Gasteiger partial charge in [0.25, 0.3) is 0 Å². The summed E-state index contributed by atoms with van der Waals surface area (Å²) in [5.41, 5.74) is 0.965. The number of rotatable bonds is 22. The van der Waals surface area contributed by atoms with Crippen molar-refractivity contribution in [1.29, 1.82) is 0 Å². The number of fused-ring (bicyclic) bond motifs is 2. The Morgan fingerprint density at radius 1 is 0.811 bits per heavy atom. The number of halogens is 1.